The molecule has 0 saturated carbocycles. The van der Waals surface area contributed by atoms with Crippen LogP contribution in [0.5, 0.6) is 0 Å². The second-order valence-electron chi connectivity index (χ2n) is 2.74. The zero-order valence-electron chi connectivity index (χ0n) is 7.40. The molecule has 0 fully saturated rings. The fourth-order valence-corrected chi connectivity index (χ4v) is 1.86. The van der Waals surface area contributed by atoms with E-state index in [9.17, 15) is 8.42 Å². The number of hydrogen-bond acceptors (Lipinski definition) is 3. The van der Waals surface area contributed by atoms with Crippen molar-refractivity contribution in [3.63, 3.8) is 0 Å². The highest BCUT2D eigenvalue weighted by Gasteiger charge is 2.12. The molecule has 0 amide bonds. The summed E-state index contributed by atoms with van der Waals surface area (Å²) in [7, 11) is -3.62. The molecule has 1 aromatic heterocycles. The van der Waals surface area contributed by atoms with E-state index in [1.54, 1.807) is 12.3 Å². The molecule has 0 spiro atoms. The number of nitrogens with two attached hydrogens (primary N) is 1. The molecule has 0 saturated heterocycles. The van der Waals surface area contributed by atoms with Gasteiger partial charge < -0.3 is 0 Å². The quantitative estimate of drug-likeness (QED) is 0.779. The number of nitrogens with zero attached hydrogens (tertiary/aromatic N) is 1. The molecular formula is C8H12N2O2S. The summed E-state index contributed by atoms with van der Waals surface area (Å²) in [5, 5.41) is 5.02. The van der Waals surface area contributed by atoms with Gasteiger partial charge in [0.1, 0.15) is 4.90 Å². The highest BCUT2D eigenvalue weighted by atomic mass is 32.2. The van der Waals surface area contributed by atoms with Gasteiger partial charge in [0.15, 0.2) is 0 Å². The van der Waals surface area contributed by atoms with Gasteiger partial charge in [-0.2, -0.15) is 0 Å². The fraction of sp³-hybridized carbons (Fsp3) is 0.375. The third-order valence-electron chi connectivity index (χ3n) is 1.64. The summed E-state index contributed by atoms with van der Waals surface area (Å²) in [6.45, 7) is 1.96. The Balaban J connectivity index is 3.20. The van der Waals surface area contributed by atoms with Gasteiger partial charge in [0.05, 0.1) is 5.69 Å². The Labute approximate surface area is 77.8 Å². The summed E-state index contributed by atoms with van der Waals surface area (Å²) < 4.78 is 22.1. The second-order valence-corrected chi connectivity index (χ2v) is 4.27. The first-order valence-electron chi connectivity index (χ1n) is 4.02. The number of hydrogen-bond donors (Lipinski definition) is 1. The molecule has 1 heterocycles. The molecule has 5 heteroatoms. The van der Waals surface area contributed by atoms with Gasteiger partial charge in [0, 0.05) is 6.20 Å². The molecule has 2 N–H and O–H groups in total. The van der Waals surface area contributed by atoms with Crippen LogP contribution in [0, 0.1) is 0 Å². The van der Waals surface area contributed by atoms with Crippen LogP contribution >= 0.6 is 0 Å². The molecular weight excluding hydrogens is 188 g/mol. The Morgan fingerprint density at radius 2 is 2.23 bits per heavy atom. The van der Waals surface area contributed by atoms with Gasteiger partial charge in [0.2, 0.25) is 10.0 Å². The van der Waals surface area contributed by atoms with Crippen molar-refractivity contribution in [2.24, 2.45) is 5.14 Å². The number of primary sulfonamides is 1. The van der Waals surface area contributed by atoms with Crippen molar-refractivity contribution in [2.75, 3.05) is 0 Å². The Morgan fingerprint density at radius 3 is 2.77 bits per heavy atom. The van der Waals surface area contributed by atoms with Crippen molar-refractivity contribution in [1.82, 2.24) is 4.98 Å². The Hall–Kier alpha value is -0.940. The molecule has 0 atom stereocenters. The number of aromatic nitrogens is 1. The minimum absolute atomic E-state index is 0.136. The van der Waals surface area contributed by atoms with Gasteiger partial charge in [-0.25, -0.2) is 13.6 Å². The number of sulfonamides is 1. The molecule has 1 aromatic rings. The number of rotatable bonds is 3. The number of pyridine rings is 1. The van der Waals surface area contributed by atoms with E-state index in [2.05, 4.69) is 4.98 Å². The first kappa shape index (κ1) is 10.1. The minimum atomic E-state index is -3.62. The Kier molecular flexibility index (Phi) is 3.00. The predicted molar refractivity (Wildman–Crippen MR) is 49.6 cm³/mol. The lowest BCUT2D eigenvalue weighted by atomic mass is 10.2. The molecule has 4 nitrogen and oxygen atoms in total. The molecule has 72 valence electrons. The van der Waals surface area contributed by atoms with Crippen LogP contribution in [0.1, 0.15) is 19.0 Å². The normalized spacial score (nSPS) is 11.5. The van der Waals surface area contributed by atoms with Crippen LogP contribution in [0.4, 0.5) is 0 Å². The zero-order valence-corrected chi connectivity index (χ0v) is 8.21. The van der Waals surface area contributed by atoms with E-state index in [1.807, 2.05) is 6.92 Å². The third-order valence-corrected chi connectivity index (χ3v) is 2.63. The Morgan fingerprint density at radius 1 is 1.54 bits per heavy atom. The highest BCUT2D eigenvalue weighted by Crippen LogP contribution is 2.12. The van der Waals surface area contributed by atoms with E-state index in [4.69, 9.17) is 5.14 Å². The molecule has 0 radical (unpaired) electrons. The maximum absolute atomic E-state index is 11.1. The average Bonchev–Trinajstić information content (AvgIpc) is 2.04. The molecule has 0 aliphatic carbocycles. The van der Waals surface area contributed by atoms with Crippen LogP contribution < -0.4 is 5.14 Å². The van der Waals surface area contributed by atoms with Crippen LogP contribution in [0.2, 0.25) is 0 Å². The van der Waals surface area contributed by atoms with Crippen LogP contribution in [0.25, 0.3) is 0 Å². The SMILES string of the molecule is CCCc1ncccc1S(N)(=O)=O. The maximum Gasteiger partial charge on any atom is 0.239 e. The lowest BCUT2D eigenvalue weighted by Gasteiger charge is -2.03. The van der Waals surface area contributed by atoms with E-state index in [-0.39, 0.29) is 4.90 Å². The predicted octanol–water partition coefficient (Wildman–Crippen LogP) is 0.682. The summed E-state index contributed by atoms with van der Waals surface area (Å²) in [5.41, 5.74) is 0.549. The van der Waals surface area contributed by atoms with Gasteiger partial charge in [-0.15, -0.1) is 0 Å². The van der Waals surface area contributed by atoms with Crippen LogP contribution in [0.15, 0.2) is 23.2 Å². The van der Waals surface area contributed by atoms with Crippen molar-refractivity contribution in [3.05, 3.63) is 24.0 Å². The van der Waals surface area contributed by atoms with Crippen molar-refractivity contribution >= 4 is 10.0 Å². The van der Waals surface area contributed by atoms with Gasteiger partial charge in [-0.3, -0.25) is 4.98 Å². The highest BCUT2D eigenvalue weighted by molar-refractivity contribution is 7.89. The summed E-state index contributed by atoms with van der Waals surface area (Å²) in [6.07, 6.45) is 3.05. The molecule has 1 rings (SSSR count). The molecule has 0 unspecified atom stereocenters. The van der Waals surface area contributed by atoms with E-state index in [1.165, 1.54) is 6.07 Å². The van der Waals surface area contributed by atoms with Crippen molar-refractivity contribution in [1.29, 1.82) is 0 Å². The van der Waals surface area contributed by atoms with E-state index < -0.39 is 10.0 Å². The van der Waals surface area contributed by atoms with Gasteiger partial charge in [0.25, 0.3) is 0 Å². The first-order valence-corrected chi connectivity index (χ1v) is 5.57. The largest absolute Gasteiger partial charge is 0.260 e. The van der Waals surface area contributed by atoms with Gasteiger partial charge in [-0.05, 0) is 18.6 Å². The summed E-state index contributed by atoms with van der Waals surface area (Å²) in [6, 6.07) is 3.05. The fourth-order valence-electron chi connectivity index (χ4n) is 1.11. The zero-order chi connectivity index (χ0) is 9.90. The third kappa shape index (κ3) is 2.50. The molecule has 0 bridgehead atoms. The number of aryl methyl sites for hydroxylation is 1. The molecule has 13 heavy (non-hydrogen) atoms. The summed E-state index contributed by atoms with van der Waals surface area (Å²) >= 11 is 0. The van der Waals surface area contributed by atoms with Crippen LogP contribution in [-0.4, -0.2) is 13.4 Å². The maximum atomic E-state index is 11.1. The molecule has 0 aliphatic rings. The lowest BCUT2D eigenvalue weighted by molar-refractivity contribution is 0.595. The van der Waals surface area contributed by atoms with Crippen LogP contribution in [-0.2, 0) is 16.4 Å². The van der Waals surface area contributed by atoms with Gasteiger partial charge >= 0.3 is 0 Å². The smallest absolute Gasteiger partial charge is 0.239 e. The van der Waals surface area contributed by atoms with E-state index >= 15 is 0 Å². The van der Waals surface area contributed by atoms with E-state index in [0.717, 1.165) is 6.42 Å². The second kappa shape index (κ2) is 3.85. The average molecular weight is 200 g/mol. The van der Waals surface area contributed by atoms with Crippen LogP contribution in [0.3, 0.4) is 0 Å². The minimum Gasteiger partial charge on any atom is -0.260 e. The van der Waals surface area contributed by atoms with Gasteiger partial charge in [-0.1, -0.05) is 13.3 Å². The summed E-state index contributed by atoms with van der Waals surface area (Å²) in [5.74, 6) is 0. The van der Waals surface area contributed by atoms with Crippen molar-refractivity contribution in [2.45, 2.75) is 24.7 Å². The molecule has 0 aromatic carbocycles. The monoisotopic (exact) mass is 200 g/mol. The first-order chi connectivity index (χ1) is 6.05. The summed E-state index contributed by atoms with van der Waals surface area (Å²) in [4.78, 5) is 4.11. The van der Waals surface area contributed by atoms with Crippen molar-refractivity contribution < 1.29 is 8.42 Å². The van der Waals surface area contributed by atoms with Crippen molar-refractivity contribution in [3.8, 4) is 0 Å². The standard InChI is InChI=1S/C8H12N2O2S/c1-2-4-7-8(13(9,11)12)5-3-6-10-7/h3,5-6H,2,4H2,1H3,(H2,9,11,12). The Bertz CT molecular complexity index is 387. The van der Waals surface area contributed by atoms with E-state index in [0.29, 0.717) is 12.1 Å². The lowest BCUT2D eigenvalue weighted by Crippen LogP contribution is -2.15. The topological polar surface area (TPSA) is 73.0 Å². The molecule has 0 aliphatic heterocycles.